The van der Waals surface area contributed by atoms with Crippen LogP contribution in [0.2, 0.25) is 0 Å². The highest BCUT2D eigenvalue weighted by Crippen LogP contribution is 2.28. The van der Waals surface area contributed by atoms with Gasteiger partial charge < -0.3 is 14.8 Å². The molecule has 3 saturated heterocycles. The average molecular weight is 320 g/mol. The first kappa shape index (κ1) is 15.4. The first-order valence-corrected chi connectivity index (χ1v) is 7.79. The van der Waals surface area contributed by atoms with Crippen LogP contribution < -0.4 is 5.32 Å². The Morgan fingerprint density at radius 3 is 2.64 bits per heavy atom. The summed E-state index contributed by atoms with van der Waals surface area (Å²) < 4.78 is 2.03. The number of aryl methyl sites for hydroxylation is 1. The van der Waals surface area contributed by atoms with Gasteiger partial charge in [-0.1, -0.05) is 18.2 Å². The lowest BCUT2D eigenvalue weighted by Crippen LogP contribution is -2.57. The standard InChI is InChI=1S/C17H21N3O.ClH/c1-19-10-14(13-4-2-3-5-16(13)19)17(21)18-15-11-20-8-6-12(15)7-9-20;/h2-5,10,12,15H,6-9,11H2,1H3,(H,18,21);1H/t15-;/m1./s1. The minimum Gasteiger partial charge on any atom is -0.350 e. The molecule has 3 aliphatic rings. The third kappa shape index (κ3) is 2.50. The maximum absolute atomic E-state index is 12.7. The van der Waals surface area contributed by atoms with Crippen LogP contribution in [0.4, 0.5) is 0 Å². The molecule has 4 heterocycles. The third-order valence-corrected chi connectivity index (χ3v) is 5.11. The number of para-hydroxylation sites is 1. The Balaban J connectivity index is 0.00000144. The van der Waals surface area contributed by atoms with Crippen LogP contribution in [0.1, 0.15) is 23.2 Å². The summed E-state index contributed by atoms with van der Waals surface area (Å²) in [6, 6.07) is 8.41. The lowest BCUT2D eigenvalue weighted by atomic mass is 9.84. The van der Waals surface area contributed by atoms with Gasteiger partial charge in [0.2, 0.25) is 0 Å². The van der Waals surface area contributed by atoms with E-state index in [1.807, 2.05) is 36.0 Å². The molecule has 1 N–H and O–H groups in total. The number of hydrogen-bond donors (Lipinski definition) is 1. The lowest BCUT2D eigenvalue weighted by molar-refractivity contribution is 0.0621. The molecule has 1 amide bonds. The Morgan fingerprint density at radius 1 is 1.23 bits per heavy atom. The molecule has 5 rings (SSSR count). The number of rotatable bonds is 2. The molecule has 4 nitrogen and oxygen atoms in total. The number of amides is 1. The van der Waals surface area contributed by atoms with Crippen LogP contribution in [0.15, 0.2) is 30.5 Å². The van der Waals surface area contributed by atoms with Gasteiger partial charge in [-0.3, -0.25) is 4.79 Å². The normalized spacial score (nSPS) is 26.7. The molecule has 1 atom stereocenters. The lowest BCUT2D eigenvalue weighted by Gasteiger charge is -2.44. The SMILES string of the molecule is Cl.Cn1cc(C(=O)N[C@@H]2CN3CCC2CC3)c2ccccc21. The van der Waals surface area contributed by atoms with Gasteiger partial charge in [-0.2, -0.15) is 0 Å². The van der Waals surface area contributed by atoms with Crippen LogP contribution in [-0.2, 0) is 7.05 Å². The number of carbonyl (C=O) groups is 1. The van der Waals surface area contributed by atoms with E-state index in [0.717, 1.165) is 23.0 Å². The molecule has 118 valence electrons. The van der Waals surface area contributed by atoms with E-state index in [1.165, 1.54) is 25.9 Å². The zero-order valence-corrected chi connectivity index (χ0v) is 13.6. The molecule has 0 spiro atoms. The quantitative estimate of drug-likeness (QED) is 0.923. The van der Waals surface area contributed by atoms with Crippen LogP contribution in [-0.4, -0.2) is 41.1 Å². The molecule has 0 saturated carbocycles. The van der Waals surface area contributed by atoms with Crippen molar-refractivity contribution in [1.82, 2.24) is 14.8 Å². The van der Waals surface area contributed by atoms with Crippen LogP contribution in [0.3, 0.4) is 0 Å². The average Bonchev–Trinajstić information content (AvgIpc) is 2.86. The summed E-state index contributed by atoms with van der Waals surface area (Å²) in [7, 11) is 1.99. The molecule has 1 aromatic heterocycles. The van der Waals surface area contributed by atoms with E-state index in [-0.39, 0.29) is 18.3 Å². The van der Waals surface area contributed by atoms with Crippen molar-refractivity contribution in [1.29, 1.82) is 0 Å². The molecule has 0 radical (unpaired) electrons. The molecule has 3 aliphatic heterocycles. The summed E-state index contributed by atoms with van der Waals surface area (Å²) in [5, 5.41) is 4.32. The predicted molar refractivity (Wildman–Crippen MR) is 90.6 cm³/mol. The van der Waals surface area contributed by atoms with Gasteiger partial charge in [-0.15, -0.1) is 12.4 Å². The number of fused-ring (bicyclic) bond motifs is 4. The first-order valence-electron chi connectivity index (χ1n) is 7.79. The smallest absolute Gasteiger partial charge is 0.253 e. The van der Waals surface area contributed by atoms with Gasteiger partial charge in [0.15, 0.2) is 0 Å². The van der Waals surface area contributed by atoms with E-state index in [9.17, 15) is 4.79 Å². The molecule has 3 fully saturated rings. The summed E-state index contributed by atoms with van der Waals surface area (Å²) in [5.41, 5.74) is 1.90. The van der Waals surface area contributed by atoms with E-state index in [2.05, 4.69) is 16.3 Å². The van der Waals surface area contributed by atoms with E-state index < -0.39 is 0 Å². The Kier molecular flexibility index (Phi) is 4.15. The topological polar surface area (TPSA) is 37.3 Å². The fraction of sp³-hybridized carbons (Fsp3) is 0.471. The van der Waals surface area contributed by atoms with Crippen molar-refractivity contribution < 1.29 is 4.79 Å². The number of nitrogens with zero attached hydrogens (tertiary/aromatic N) is 2. The van der Waals surface area contributed by atoms with E-state index in [0.29, 0.717) is 12.0 Å². The fourth-order valence-electron chi connectivity index (χ4n) is 3.90. The number of piperidine rings is 3. The summed E-state index contributed by atoms with van der Waals surface area (Å²) in [6.07, 6.45) is 4.39. The highest BCUT2D eigenvalue weighted by Gasteiger charge is 2.35. The van der Waals surface area contributed by atoms with Gasteiger partial charge in [-0.25, -0.2) is 0 Å². The van der Waals surface area contributed by atoms with Gasteiger partial charge in [0, 0.05) is 36.7 Å². The monoisotopic (exact) mass is 319 g/mol. The second-order valence-corrected chi connectivity index (χ2v) is 6.39. The highest BCUT2D eigenvalue weighted by molar-refractivity contribution is 6.07. The highest BCUT2D eigenvalue weighted by atomic mass is 35.5. The molecule has 0 unspecified atom stereocenters. The zero-order chi connectivity index (χ0) is 14.4. The van der Waals surface area contributed by atoms with Crippen molar-refractivity contribution in [2.75, 3.05) is 19.6 Å². The van der Waals surface area contributed by atoms with E-state index in [1.54, 1.807) is 0 Å². The Hall–Kier alpha value is -1.52. The zero-order valence-electron chi connectivity index (χ0n) is 12.8. The molecule has 0 aliphatic carbocycles. The number of hydrogen-bond acceptors (Lipinski definition) is 2. The van der Waals surface area contributed by atoms with Gasteiger partial charge in [0.1, 0.15) is 0 Å². The molecule has 22 heavy (non-hydrogen) atoms. The number of aromatic nitrogens is 1. The minimum absolute atomic E-state index is 0. The summed E-state index contributed by atoms with van der Waals surface area (Å²) in [6.45, 7) is 3.41. The number of carbonyl (C=O) groups excluding carboxylic acids is 1. The predicted octanol–water partition coefficient (Wildman–Crippen LogP) is 2.42. The Morgan fingerprint density at radius 2 is 1.95 bits per heavy atom. The van der Waals surface area contributed by atoms with Crippen LogP contribution in [0.25, 0.3) is 10.9 Å². The van der Waals surface area contributed by atoms with Gasteiger partial charge in [-0.05, 0) is 37.9 Å². The molecular weight excluding hydrogens is 298 g/mol. The summed E-state index contributed by atoms with van der Waals surface area (Å²) in [4.78, 5) is 15.1. The van der Waals surface area contributed by atoms with Crippen molar-refractivity contribution in [3.63, 3.8) is 0 Å². The van der Waals surface area contributed by atoms with Crippen LogP contribution in [0.5, 0.6) is 0 Å². The molecule has 1 aromatic carbocycles. The van der Waals surface area contributed by atoms with Gasteiger partial charge in [0.25, 0.3) is 5.91 Å². The molecule has 2 aromatic rings. The summed E-state index contributed by atoms with van der Waals surface area (Å²) >= 11 is 0. The minimum atomic E-state index is 0. The maximum atomic E-state index is 12.7. The largest absolute Gasteiger partial charge is 0.350 e. The maximum Gasteiger partial charge on any atom is 0.253 e. The van der Waals surface area contributed by atoms with Crippen LogP contribution in [0, 0.1) is 5.92 Å². The molecule has 5 heteroatoms. The fourth-order valence-corrected chi connectivity index (χ4v) is 3.90. The Labute approximate surface area is 136 Å². The first-order chi connectivity index (χ1) is 10.2. The Bertz CT molecular complexity index is 688. The van der Waals surface area contributed by atoms with Gasteiger partial charge in [0.05, 0.1) is 5.56 Å². The second-order valence-electron chi connectivity index (χ2n) is 6.39. The number of nitrogens with one attached hydrogen (secondary N) is 1. The second kappa shape index (κ2) is 5.94. The van der Waals surface area contributed by atoms with Crippen LogP contribution >= 0.6 is 12.4 Å². The van der Waals surface area contributed by atoms with E-state index >= 15 is 0 Å². The van der Waals surface area contributed by atoms with Crippen molar-refractivity contribution in [2.45, 2.75) is 18.9 Å². The molecule has 2 bridgehead atoms. The third-order valence-electron chi connectivity index (χ3n) is 5.11. The van der Waals surface area contributed by atoms with Crippen molar-refractivity contribution in [3.8, 4) is 0 Å². The number of benzene rings is 1. The number of halogens is 1. The van der Waals surface area contributed by atoms with Gasteiger partial charge >= 0.3 is 0 Å². The van der Waals surface area contributed by atoms with Crippen molar-refractivity contribution in [3.05, 3.63) is 36.0 Å². The van der Waals surface area contributed by atoms with Crippen molar-refractivity contribution in [2.24, 2.45) is 13.0 Å². The van der Waals surface area contributed by atoms with E-state index in [4.69, 9.17) is 0 Å². The van der Waals surface area contributed by atoms with Crippen molar-refractivity contribution >= 4 is 29.2 Å². The molecular formula is C17H22ClN3O. The summed E-state index contributed by atoms with van der Waals surface area (Å²) in [5.74, 6) is 0.736.